The molecule has 0 heterocycles. The summed E-state index contributed by atoms with van der Waals surface area (Å²) in [6.07, 6.45) is 4.30. The third-order valence-electron chi connectivity index (χ3n) is 3.87. The van der Waals surface area contributed by atoms with E-state index in [0.717, 1.165) is 19.3 Å². The summed E-state index contributed by atoms with van der Waals surface area (Å²) >= 11 is 0. The highest BCUT2D eigenvalue weighted by Gasteiger charge is 2.32. The van der Waals surface area contributed by atoms with Crippen molar-refractivity contribution in [3.05, 3.63) is 0 Å². The predicted molar refractivity (Wildman–Crippen MR) is 67.0 cm³/mol. The van der Waals surface area contributed by atoms with Crippen molar-refractivity contribution < 1.29 is 4.79 Å². The zero-order valence-electron chi connectivity index (χ0n) is 11.0. The van der Waals surface area contributed by atoms with Gasteiger partial charge in [-0.3, -0.25) is 4.79 Å². The van der Waals surface area contributed by atoms with Gasteiger partial charge in [-0.25, -0.2) is 0 Å². The summed E-state index contributed by atoms with van der Waals surface area (Å²) < 4.78 is 0. The Morgan fingerprint density at radius 3 is 2.62 bits per heavy atom. The van der Waals surface area contributed by atoms with Gasteiger partial charge in [-0.15, -0.1) is 0 Å². The van der Waals surface area contributed by atoms with E-state index in [2.05, 4.69) is 26.1 Å². The Kier molecular flexibility index (Phi) is 4.36. The molecule has 1 saturated carbocycles. The molecular formula is C13H26N2O. The van der Waals surface area contributed by atoms with Crippen molar-refractivity contribution >= 4 is 5.91 Å². The zero-order valence-corrected chi connectivity index (χ0v) is 11.0. The lowest BCUT2D eigenvalue weighted by Gasteiger charge is -2.22. The molecule has 1 aliphatic carbocycles. The van der Waals surface area contributed by atoms with Crippen molar-refractivity contribution in [3.63, 3.8) is 0 Å². The Bertz CT molecular complexity index is 250. The molecule has 1 aliphatic rings. The van der Waals surface area contributed by atoms with E-state index in [4.69, 9.17) is 5.73 Å². The Labute approximate surface area is 99.2 Å². The number of hydrogen-bond donors (Lipinski definition) is 2. The highest BCUT2D eigenvalue weighted by Crippen LogP contribution is 2.36. The van der Waals surface area contributed by atoms with Crippen LogP contribution in [-0.2, 0) is 4.79 Å². The van der Waals surface area contributed by atoms with Crippen LogP contribution in [0.1, 0.15) is 53.4 Å². The number of nitrogens with one attached hydrogen (secondary N) is 1. The molecule has 0 aliphatic heterocycles. The maximum absolute atomic E-state index is 11.9. The van der Waals surface area contributed by atoms with Crippen LogP contribution in [0.25, 0.3) is 0 Å². The predicted octanol–water partition coefficient (Wildman–Crippen LogP) is 2.05. The van der Waals surface area contributed by atoms with E-state index < -0.39 is 0 Å². The van der Waals surface area contributed by atoms with Gasteiger partial charge in [0.05, 0.1) is 6.04 Å². The number of rotatable bonds is 4. The second-order valence-electron chi connectivity index (χ2n) is 6.02. The molecule has 0 radical (unpaired) electrons. The first-order chi connectivity index (χ1) is 7.35. The van der Waals surface area contributed by atoms with Gasteiger partial charge in [0.15, 0.2) is 0 Å². The number of carbonyl (C=O) groups excluding carboxylic acids is 1. The van der Waals surface area contributed by atoms with E-state index in [9.17, 15) is 4.79 Å². The minimum absolute atomic E-state index is 0.0250. The first-order valence-electron chi connectivity index (χ1n) is 6.41. The summed E-state index contributed by atoms with van der Waals surface area (Å²) in [6, 6.07) is -0.0219. The van der Waals surface area contributed by atoms with Crippen LogP contribution in [0, 0.1) is 11.3 Å². The normalized spacial score (nSPS) is 27.4. The highest BCUT2D eigenvalue weighted by molar-refractivity contribution is 5.82. The number of carbonyl (C=O) groups is 1. The Morgan fingerprint density at radius 1 is 1.56 bits per heavy atom. The third-order valence-corrected chi connectivity index (χ3v) is 3.87. The summed E-state index contributed by atoms with van der Waals surface area (Å²) in [5, 5.41) is 3.09. The summed E-state index contributed by atoms with van der Waals surface area (Å²) in [7, 11) is 0. The van der Waals surface area contributed by atoms with E-state index in [1.165, 1.54) is 6.42 Å². The van der Waals surface area contributed by atoms with Crippen LogP contribution >= 0.6 is 0 Å². The molecule has 3 N–H and O–H groups in total. The average molecular weight is 226 g/mol. The molecule has 3 unspecified atom stereocenters. The van der Waals surface area contributed by atoms with Crippen molar-refractivity contribution in [2.24, 2.45) is 17.1 Å². The molecule has 0 bridgehead atoms. The Balaban J connectivity index is 2.41. The standard InChI is InChI=1S/C13H26N2O/c1-5-9(2)11(14)12(16)15-10-6-7-13(3,4)8-10/h9-11H,5-8,14H2,1-4H3,(H,15,16). The summed E-state index contributed by atoms with van der Waals surface area (Å²) in [5.41, 5.74) is 6.28. The summed E-state index contributed by atoms with van der Waals surface area (Å²) in [5.74, 6) is 0.284. The van der Waals surface area contributed by atoms with E-state index >= 15 is 0 Å². The van der Waals surface area contributed by atoms with Crippen LogP contribution < -0.4 is 11.1 Å². The second-order valence-corrected chi connectivity index (χ2v) is 6.02. The van der Waals surface area contributed by atoms with Crippen molar-refractivity contribution in [3.8, 4) is 0 Å². The van der Waals surface area contributed by atoms with Gasteiger partial charge in [0.2, 0.25) is 5.91 Å². The lowest BCUT2D eigenvalue weighted by molar-refractivity contribution is -0.124. The summed E-state index contributed by atoms with van der Waals surface area (Å²) in [4.78, 5) is 11.9. The Hall–Kier alpha value is -0.570. The molecule has 3 atom stereocenters. The molecule has 1 amide bonds. The highest BCUT2D eigenvalue weighted by atomic mass is 16.2. The molecule has 0 aromatic rings. The van der Waals surface area contributed by atoms with Gasteiger partial charge in [0, 0.05) is 6.04 Å². The monoisotopic (exact) mass is 226 g/mol. The molecule has 1 rings (SSSR count). The zero-order chi connectivity index (χ0) is 12.3. The number of hydrogen-bond acceptors (Lipinski definition) is 2. The van der Waals surface area contributed by atoms with Crippen molar-refractivity contribution in [1.29, 1.82) is 0 Å². The molecule has 0 spiro atoms. The lowest BCUT2D eigenvalue weighted by Crippen LogP contribution is -2.47. The molecule has 0 aromatic carbocycles. The van der Waals surface area contributed by atoms with Crippen LogP contribution in [-0.4, -0.2) is 18.0 Å². The Morgan fingerprint density at radius 2 is 2.19 bits per heavy atom. The van der Waals surface area contributed by atoms with Gasteiger partial charge < -0.3 is 11.1 Å². The van der Waals surface area contributed by atoms with Crippen LogP contribution in [0.5, 0.6) is 0 Å². The van der Waals surface area contributed by atoms with E-state index in [1.807, 2.05) is 6.92 Å². The largest absolute Gasteiger partial charge is 0.352 e. The topological polar surface area (TPSA) is 55.1 Å². The fourth-order valence-electron chi connectivity index (χ4n) is 2.37. The minimum Gasteiger partial charge on any atom is -0.352 e. The quantitative estimate of drug-likeness (QED) is 0.771. The van der Waals surface area contributed by atoms with E-state index in [-0.39, 0.29) is 17.9 Å². The first-order valence-corrected chi connectivity index (χ1v) is 6.41. The SMILES string of the molecule is CCC(C)C(N)C(=O)NC1CCC(C)(C)C1. The van der Waals surface area contributed by atoms with Gasteiger partial charge in [-0.2, -0.15) is 0 Å². The molecule has 94 valence electrons. The van der Waals surface area contributed by atoms with Crippen LogP contribution in [0.15, 0.2) is 0 Å². The fourth-order valence-corrected chi connectivity index (χ4v) is 2.37. The van der Waals surface area contributed by atoms with E-state index in [0.29, 0.717) is 11.5 Å². The maximum atomic E-state index is 11.9. The van der Waals surface area contributed by atoms with Gasteiger partial charge in [0.1, 0.15) is 0 Å². The van der Waals surface area contributed by atoms with Crippen molar-refractivity contribution in [2.45, 2.75) is 65.5 Å². The lowest BCUT2D eigenvalue weighted by atomic mass is 9.91. The van der Waals surface area contributed by atoms with E-state index in [1.54, 1.807) is 0 Å². The maximum Gasteiger partial charge on any atom is 0.237 e. The number of amides is 1. The fraction of sp³-hybridized carbons (Fsp3) is 0.923. The minimum atomic E-state index is -0.353. The molecule has 3 heteroatoms. The molecule has 0 aromatic heterocycles. The summed E-state index contributed by atoms with van der Waals surface area (Å²) in [6.45, 7) is 8.61. The third kappa shape index (κ3) is 3.48. The van der Waals surface area contributed by atoms with Crippen molar-refractivity contribution in [2.75, 3.05) is 0 Å². The molecule has 0 saturated heterocycles. The smallest absolute Gasteiger partial charge is 0.237 e. The molecular weight excluding hydrogens is 200 g/mol. The average Bonchev–Trinajstić information content (AvgIpc) is 2.55. The van der Waals surface area contributed by atoms with Gasteiger partial charge in [0.25, 0.3) is 0 Å². The van der Waals surface area contributed by atoms with Gasteiger partial charge >= 0.3 is 0 Å². The van der Waals surface area contributed by atoms with Crippen LogP contribution in [0.2, 0.25) is 0 Å². The second kappa shape index (κ2) is 5.17. The molecule has 16 heavy (non-hydrogen) atoms. The van der Waals surface area contributed by atoms with Crippen LogP contribution in [0.3, 0.4) is 0 Å². The van der Waals surface area contributed by atoms with Gasteiger partial charge in [-0.05, 0) is 30.6 Å². The molecule has 1 fully saturated rings. The molecule has 3 nitrogen and oxygen atoms in total. The first kappa shape index (κ1) is 13.5. The van der Waals surface area contributed by atoms with Crippen molar-refractivity contribution in [1.82, 2.24) is 5.32 Å². The van der Waals surface area contributed by atoms with Gasteiger partial charge in [-0.1, -0.05) is 34.1 Å². The van der Waals surface area contributed by atoms with Crippen LogP contribution in [0.4, 0.5) is 0 Å². The number of nitrogens with two attached hydrogens (primary N) is 1.